The molecule has 0 aromatic heterocycles. The van der Waals surface area contributed by atoms with Crippen molar-refractivity contribution in [1.82, 2.24) is 0 Å². The van der Waals surface area contributed by atoms with Crippen molar-refractivity contribution in [1.29, 1.82) is 0 Å². The molecule has 1 N–H and O–H groups in total. The van der Waals surface area contributed by atoms with Crippen LogP contribution in [-0.4, -0.2) is 28.5 Å². The summed E-state index contributed by atoms with van der Waals surface area (Å²) in [4.78, 5) is 11.1. The standard InChI is InChI=1S/C10H14F2O3S/c1-2-9(15-7(14)10(11,12)16)5-8(9)3-6(8)4-13/h6,13,16H,2-5H2,1H3. The Morgan fingerprint density at radius 3 is 2.69 bits per heavy atom. The van der Waals surface area contributed by atoms with Crippen LogP contribution in [0.4, 0.5) is 8.78 Å². The Balaban J connectivity index is 2.03. The number of carbonyl (C=O) groups is 1. The Morgan fingerprint density at radius 2 is 2.31 bits per heavy atom. The van der Waals surface area contributed by atoms with Gasteiger partial charge in [0.25, 0.3) is 0 Å². The fourth-order valence-electron chi connectivity index (χ4n) is 2.79. The fraction of sp³-hybridized carbons (Fsp3) is 0.900. The number of aliphatic hydroxyl groups excluding tert-OH is 1. The van der Waals surface area contributed by atoms with Crippen LogP contribution in [0.2, 0.25) is 0 Å². The predicted molar refractivity (Wildman–Crippen MR) is 55.3 cm³/mol. The summed E-state index contributed by atoms with van der Waals surface area (Å²) >= 11 is 2.89. The number of aliphatic hydroxyl groups is 1. The van der Waals surface area contributed by atoms with Crippen LogP contribution in [0.15, 0.2) is 0 Å². The van der Waals surface area contributed by atoms with Gasteiger partial charge in [-0.3, -0.25) is 0 Å². The molecule has 92 valence electrons. The molecule has 0 bridgehead atoms. The van der Waals surface area contributed by atoms with Crippen molar-refractivity contribution in [3.05, 3.63) is 0 Å². The predicted octanol–water partition coefficient (Wildman–Crippen LogP) is 1.60. The molecule has 0 saturated heterocycles. The SMILES string of the molecule is CCC1(OC(=O)C(F)(F)S)CC12CC2CO. The quantitative estimate of drug-likeness (QED) is 0.590. The van der Waals surface area contributed by atoms with E-state index in [0.717, 1.165) is 6.42 Å². The molecule has 0 aromatic rings. The van der Waals surface area contributed by atoms with Gasteiger partial charge in [-0.25, -0.2) is 4.79 Å². The summed E-state index contributed by atoms with van der Waals surface area (Å²) in [7, 11) is 0. The van der Waals surface area contributed by atoms with E-state index in [4.69, 9.17) is 9.84 Å². The molecule has 2 aliphatic rings. The molecular formula is C10H14F2O3S. The van der Waals surface area contributed by atoms with Crippen molar-refractivity contribution in [2.45, 2.75) is 37.0 Å². The zero-order valence-electron chi connectivity index (χ0n) is 8.87. The highest BCUT2D eigenvalue weighted by molar-refractivity contribution is 7.82. The first-order valence-electron chi connectivity index (χ1n) is 5.26. The van der Waals surface area contributed by atoms with E-state index in [1.54, 1.807) is 6.92 Å². The van der Waals surface area contributed by atoms with E-state index in [1.165, 1.54) is 0 Å². The van der Waals surface area contributed by atoms with Crippen LogP contribution in [0.25, 0.3) is 0 Å². The highest BCUT2D eigenvalue weighted by atomic mass is 32.1. The molecule has 2 fully saturated rings. The maximum Gasteiger partial charge on any atom is 0.388 e. The van der Waals surface area contributed by atoms with E-state index in [0.29, 0.717) is 12.8 Å². The molecule has 0 heterocycles. The van der Waals surface area contributed by atoms with Crippen LogP contribution >= 0.6 is 12.6 Å². The number of halogens is 2. The zero-order valence-corrected chi connectivity index (χ0v) is 9.77. The maximum absolute atomic E-state index is 12.6. The summed E-state index contributed by atoms with van der Waals surface area (Å²) in [6.07, 6.45) is 1.83. The summed E-state index contributed by atoms with van der Waals surface area (Å²) in [5.74, 6) is -1.49. The Bertz CT molecular complexity index is 331. The molecule has 2 saturated carbocycles. The van der Waals surface area contributed by atoms with Crippen molar-refractivity contribution in [3.8, 4) is 0 Å². The number of carbonyl (C=O) groups excluding carboxylic acids is 1. The third kappa shape index (κ3) is 1.54. The minimum atomic E-state index is -3.74. The molecule has 1 spiro atoms. The van der Waals surface area contributed by atoms with Gasteiger partial charge in [-0.05, 0) is 25.2 Å². The third-order valence-electron chi connectivity index (χ3n) is 3.94. The number of ether oxygens (including phenoxy) is 1. The number of esters is 1. The second-order valence-corrected chi connectivity index (χ2v) is 5.26. The summed E-state index contributed by atoms with van der Waals surface area (Å²) in [6.45, 7) is 1.82. The molecule has 0 aliphatic heterocycles. The lowest BCUT2D eigenvalue weighted by Gasteiger charge is -2.19. The number of thiol groups is 1. The van der Waals surface area contributed by atoms with Crippen molar-refractivity contribution in [3.63, 3.8) is 0 Å². The molecule has 0 amide bonds. The van der Waals surface area contributed by atoms with E-state index >= 15 is 0 Å². The van der Waals surface area contributed by atoms with Gasteiger partial charge in [0.15, 0.2) is 0 Å². The summed E-state index contributed by atoms with van der Waals surface area (Å²) < 4.78 is 30.1. The molecule has 3 unspecified atom stereocenters. The molecule has 0 aromatic carbocycles. The molecule has 2 aliphatic carbocycles. The number of hydrogen-bond donors (Lipinski definition) is 2. The average molecular weight is 252 g/mol. The first-order chi connectivity index (χ1) is 7.31. The van der Waals surface area contributed by atoms with Crippen LogP contribution in [0.5, 0.6) is 0 Å². The van der Waals surface area contributed by atoms with Gasteiger partial charge in [-0.1, -0.05) is 19.6 Å². The van der Waals surface area contributed by atoms with E-state index in [9.17, 15) is 13.6 Å². The fourth-order valence-corrected chi connectivity index (χ4v) is 2.83. The van der Waals surface area contributed by atoms with Crippen LogP contribution in [-0.2, 0) is 9.53 Å². The minimum absolute atomic E-state index is 0.0244. The highest BCUT2D eigenvalue weighted by Gasteiger charge is 2.81. The van der Waals surface area contributed by atoms with Crippen molar-refractivity contribution in [2.75, 3.05) is 6.61 Å². The number of alkyl halides is 2. The van der Waals surface area contributed by atoms with Crippen LogP contribution < -0.4 is 0 Å². The Kier molecular flexibility index (Phi) is 2.51. The first-order valence-corrected chi connectivity index (χ1v) is 5.70. The summed E-state index contributed by atoms with van der Waals surface area (Å²) in [5.41, 5.74) is -1.02. The van der Waals surface area contributed by atoms with Gasteiger partial charge in [0.05, 0.1) is 0 Å². The van der Waals surface area contributed by atoms with Crippen molar-refractivity contribution >= 4 is 18.6 Å². The zero-order chi connectivity index (χ0) is 12.2. The van der Waals surface area contributed by atoms with Gasteiger partial charge in [0.1, 0.15) is 5.60 Å². The normalized spacial score (nSPS) is 40.9. The second-order valence-electron chi connectivity index (χ2n) is 4.70. The van der Waals surface area contributed by atoms with Crippen LogP contribution in [0.1, 0.15) is 26.2 Å². The Labute approximate surface area is 97.6 Å². The lowest BCUT2D eigenvalue weighted by atomic mass is 10.1. The van der Waals surface area contributed by atoms with Gasteiger partial charge in [0.2, 0.25) is 0 Å². The Morgan fingerprint density at radius 1 is 1.69 bits per heavy atom. The lowest BCUT2D eigenvalue weighted by Crippen LogP contribution is -2.32. The monoisotopic (exact) mass is 252 g/mol. The average Bonchev–Trinajstić information content (AvgIpc) is 3.05. The van der Waals surface area contributed by atoms with Gasteiger partial charge < -0.3 is 9.84 Å². The largest absolute Gasteiger partial charge is 0.453 e. The maximum atomic E-state index is 12.6. The van der Waals surface area contributed by atoms with Crippen molar-refractivity contribution < 1.29 is 23.4 Å². The summed E-state index contributed by atoms with van der Waals surface area (Å²) in [5, 5.41) is 5.26. The molecular weight excluding hydrogens is 238 g/mol. The van der Waals surface area contributed by atoms with Crippen LogP contribution in [0.3, 0.4) is 0 Å². The van der Waals surface area contributed by atoms with E-state index < -0.39 is 16.8 Å². The third-order valence-corrected chi connectivity index (χ3v) is 4.12. The molecule has 0 radical (unpaired) electrons. The number of rotatable bonds is 4. The topological polar surface area (TPSA) is 46.5 Å². The minimum Gasteiger partial charge on any atom is -0.453 e. The van der Waals surface area contributed by atoms with Gasteiger partial charge >= 0.3 is 11.2 Å². The molecule has 3 atom stereocenters. The van der Waals surface area contributed by atoms with Gasteiger partial charge in [-0.15, -0.1) is 0 Å². The van der Waals surface area contributed by atoms with E-state index in [-0.39, 0.29) is 17.9 Å². The van der Waals surface area contributed by atoms with Gasteiger partial charge in [0, 0.05) is 12.0 Å². The molecule has 2 rings (SSSR count). The second kappa shape index (κ2) is 3.32. The van der Waals surface area contributed by atoms with E-state index in [2.05, 4.69) is 12.6 Å². The van der Waals surface area contributed by atoms with Crippen molar-refractivity contribution in [2.24, 2.45) is 11.3 Å². The smallest absolute Gasteiger partial charge is 0.388 e. The summed E-state index contributed by atoms with van der Waals surface area (Å²) in [6, 6.07) is 0. The Hall–Kier alpha value is -0.360. The molecule has 6 heteroatoms. The first kappa shape index (κ1) is 12.1. The molecule has 16 heavy (non-hydrogen) atoms. The van der Waals surface area contributed by atoms with Gasteiger partial charge in [-0.2, -0.15) is 8.78 Å². The van der Waals surface area contributed by atoms with Crippen LogP contribution in [0, 0.1) is 11.3 Å². The van der Waals surface area contributed by atoms with E-state index in [1.807, 2.05) is 0 Å². The molecule has 3 nitrogen and oxygen atoms in total. The lowest BCUT2D eigenvalue weighted by molar-refractivity contribution is -0.169. The number of hydrogen-bond acceptors (Lipinski definition) is 4. The highest BCUT2D eigenvalue weighted by Crippen LogP contribution is 2.79.